The van der Waals surface area contributed by atoms with Gasteiger partial charge in [-0.25, -0.2) is 13.1 Å². The van der Waals surface area contributed by atoms with Crippen molar-refractivity contribution in [2.75, 3.05) is 5.73 Å². The number of anilines is 1. The fourth-order valence-electron chi connectivity index (χ4n) is 1.42. The fourth-order valence-corrected chi connectivity index (χ4v) is 4.82. The van der Waals surface area contributed by atoms with E-state index in [9.17, 15) is 8.42 Å². The molecule has 2 rings (SSSR count). The Morgan fingerprint density at radius 1 is 1.33 bits per heavy atom. The number of thiophene rings is 1. The summed E-state index contributed by atoms with van der Waals surface area (Å²) in [6, 6.07) is 8.82. The SMILES string of the molecule is Nc1cccc(CNS(=O)(=O)c2sccc2Br)c1. The average Bonchev–Trinajstić information content (AvgIpc) is 2.74. The third-order valence-corrected chi connectivity index (χ3v) is 6.32. The second-order valence-corrected chi connectivity index (χ2v) is 7.36. The summed E-state index contributed by atoms with van der Waals surface area (Å²) in [6.07, 6.45) is 0. The van der Waals surface area contributed by atoms with Crippen LogP contribution in [0.25, 0.3) is 0 Å². The summed E-state index contributed by atoms with van der Waals surface area (Å²) in [4.78, 5) is 0. The number of rotatable bonds is 4. The zero-order chi connectivity index (χ0) is 13.2. The molecule has 1 aromatic carbocycles. The first kappa shape index (κ1) is 13.5. The van der Waals surface area contributed by atoms with Crippen molar-refractivity contribution < 1.29 is 8.42 Å². The summed E-state index contributed by atoms with van der Waals surface area (Å²) < 4.78 is 27.4. The van der Waals surface area contributed by atoms with Crippen LogP contribution in [-0.4, -0.2) is 8.42 Å². The molecule has 0 amide bonds. The zero-order valence-corrected chi connectivity index (χ0v) is 12.5. The van der Waals surface area contributed by atoms with Crippen LogP contribution in [0.5, 0.6) is 0 Å². The lowest BCUT2D eigenvalue weighted by molar-refractivity contribution is 0.583. The molecule has 0 aliphatic rings. The van der Waals surface area contributed by atoms with Gasteiger partial charge in [-0.05, 0) is 45.1 Å². The highest BCUT2D eigenvalue weighted by Crippen LogP contribution is 2.27. The van der Waals surface area contributed by atoms with E-state index in [1.165, 1.54) is 11.3 Å². The Labute approximate surface area is 118 Å². The van der Waals surface area contributed by atoms with Gasteiger partial charge < -0.3 is 5.73 Å². The Kier molecular flexibility index (Phi) is 4.06. The summed E-state index contributed by atoms with van der Waals surface area (Å²) in [7, 11) is -3.48. The van der Waals surface area contributed by atoms with Crippen molar-refractivity contribution in [1.82, 2.24) is 4.72 Å². The van der Waals surface area contributed by atoms with E-state index in [2.05, 4.69) is 20.7 Å². The van der Waals surface area contributed by atoms with Crippen LogP contribution < -0.4 is 10.5 Å². The van der Waals surface area contributed by atoms with Crippen LogP contribution in [0.4, 0.5) is 5.69 Å². The molecular formula is C11H11BrN2O2S2. The molecule has 0 bridgehead atoms. The van der Waals surface area contributed by atoms with Crippen molar-refractivity contribution in [3.05, 3.63) is 45.7 Å². The standard InChI is InChI=1S/C11H11BrN2O2S2/c12-10-4-5-17-11(10)18(15,16)14-7-8-2-1-3-9(13)6-8/h1-6,14H,7,13H2. The van der Waals surface area contributed by atoms with E-state index in [0.29, 0.717) is 10.2 Å². The summed E-state index contributed by atoms with van der Waals surface area (Å²) in [5.41, 5.74) is 7.07. The van der Waals surface area contributed by atoms with Gasteiger partial charge in [0.15, 0.2) is 0 Å². The van der Waals surface area contributed by atoms with Crippen molar-refractivity contribution in [3.8, 4) is 0 Å². The molecule has 18 heavy (non-hydrogen) atoms. The lowest BCUT2D eigenvalue weighted by Gasteiger charge is -2.06. The van der Waals surface area contributed by atoms with Gasteiger partial charge in [0, 0.05) is 16.7 Å². The second kappa shape index (κ2) is 5.40. The number of nitrogens with one attached hydrogen (secondary N) is 1. The van der Waals surface area contributed by atoms with E-state index >= 15 is 0 Å². The van der Waals surface area contributed by atoms with Crippen LogP contribution in [0.2, 0.25) is 0 Å². The maximum Gasteiger partial charge on any atom is 0.251 e. The predicted octanol–water partition coefficient (Wildman–Crippen LogP) is 2.57. The number of hydrogen-bond donors (Lipinski definition) is 2. The van der Waals surface area contributed by atoms with Gasteiger partial charge in [0.2, 0.25) is 0 Å². The number of halogens is 1. The summed E-state index contributed by atoms with van der Waals surface area (Å²) in [6.45, 7) is 0.220. The van der Waals surface area contributed by atoms with Gasteiger partial charge in [-0.1, -0.05) is 12.1 Å². The van der Waals surface area contributed by atoms with E-state index in [4.69, 9.17) is 5.73 Å². The largest absolute Gasteiger partial charge is 0.399 e. The zero-order valence-electron chi connectivity index (χ0n) is 9.26. The van der Waals surface area contributed by atoms with Gasteiger partial charge in [-0.15, -0.1) is 11.3 Å². The maximum absolute atomic E-state index is 12.0. The molecule has 0 aliphatic heterocycles. The highest BCUT2D eigenvalue weighted by molar-refractivity contribution is 9.10. The number of nitrogens with two attached hydrogens (primary N) is 1. The molecule has 0 fully saturated rings. The molecule has 1 heterocycles. The van der Waals surface area contributed by atoms with Crippen molar-refractivity contribution in [3.63, 3.8) is 0 Å². The van der Waals surface area contributed by atoms with Crippen LogP contribution in [0, 0.1) is 0 Å². The third-order valence-electron chi connectivity index (χ3n) is 2.25. The molecular weight excluding hydrogens is 336 g/mol. The normalized spacial score (nSPS) is 11.6. The van der Waals surface area contributed by atoms with E-state index in [1.807, 2.05) is 6.07 Å². The lowest BCUT2D eigenvalue weighted by atomic mass is 10.2. The molecule has 4 nitrogen and oxygen atoms in total. The van der Waals surface area contributed by atoms with E-state index in [1.54, 1.807) is 29.6 Å². The Balaban J connectivity index is 2.13. The molecule has 0 unspecified atom stereocenters. The van der Waals surface area contributed by atoms with Gasteiger partial charge in [0.1, 0.15) is 4.21 Å². The van der Waals surface area contributed by atoms with Gasteiger partial charge in [-0.2, -0.15) is 0 Å². The Hall–Kier alpha value is -0.890. The number of nitrogen functional groups attached to an aromatic ring is 1. The van der Waals surface area contributed by atoms with Crippen molar-refractivity contribution >= 4 is 43.0 Å². The molecule has 0 saturated carbocycles. The summed E-state index contributed by atoms with van der Waals surface area (Å²) in [5, 5.41) is 1.72. The van der Waals surface area contributed by atoms with E-state index < -0.39 is 10.0 Å². The van der Waals surface area contributed by atoms with Crippen molar-refractivity contribution in [2.45, 2.75) is 10.8 Å². The van der Waals surface area contributed by atoms with Crippen LogP contribution in [0.1, 0.15) is 5.56 Å². The third kappa shape index (κ3) is 3.11. The molecule has 3 N–H and O–H groups in total. The monoisotopic (exact) mass is 346 g/mol. The number of benzene rings is 1. The number of sulfonamides is 1. The van der Waals surface area contributed by atoms with Crippen LogP contribution in [-0.2, 0) is 16.6 Å². The van der Waals surface area contributed by atoms with Gasteiger partial charge in [0.05, 0.1) is 0 Å². The van der Waals surface area contributed by atoms with Gasteiger partial charge in [0.25, 0.3) is 10.0 Å². The van der Waals surface area contributed by atoms with E-state index in [0.717, 1.165) is 5.56 Å². The highest BCUT2D eigenvalue weighted by Gasteiger charge is 2.18. The molecule has 96 valence electrons. The first-order valence-corrected chi connectivity index (χ1v) is 8.22. The molecule has 0 atom stereocenters. The lowest BCUT2D eigenvalue weighted by Crippen LogP contribution is -2.22. The Morgan fingerprint density at radius 3 is 2.72 bits per heavy atom. The quantitative estimate of drug-likeness (QED) is 0.835. The van der Waals surface area contributed by atoms with Crippen molar-refractivity contribution in [2.24, 2.45) is 0 Å². The maximum atomic E-state index is 12.0. The van der Waals surface area contributed by atoms with Crippen LogP contribution >= 0.6 is 27.3 Å². The van der Waals surface area contributed by atoms with E-state index in [-0.39, 0.29) is 10.8 Å². The summed E-state index contributed by atoms with van der Waals surface area (Å²) >= 11 is 4.38. The van der Waals surface area contributed by atoms with Gasteiger partial charge >= 0.3 is 0 Å². The minimum Gasteiger partial charge on any atom is -0.399 e. The Morgan fingerprint density at radius 2 is 2.11 bits per heavy atom. The topological polar surface area (TPSA) is 72.2 Å². The average molecular weight is 347 g/mol. The predicted molar refractivity (Wildman–Crippen MR) is 76.9 cm³/mol. The molecule has 0 spiro atoms. The first-order chi connectivity index (χ1) is 8.49. The fraction of sp³-hybridized carbons (Fsp3) is 0.0909. The second-order valence-electron chi connectivity index (χ2n) is 3.63. The first-order valence-electron chi connectivity index (χ1n) is 5.06. The van der Waals surface area contributed by atoms with Crippen LogP contribution in [0.15, 0.2) is 44.4 Å². The van der Waals surface area contributed by atoms with Crippen molar-refractivity contribution in [1.29, 1.82) is 0 Å². The highest BCUT2D eigenvalue weighted by atomic mass is 79.9. The molecule has 0 aliphatic carbocycles. The molecule has 0 saturated heterocycles. The Bertz CT molecular complexity index is 653. The van der Waals surface area contributed by atoms with Gasteiger partial charge in [-0.3, -0.25) is 0 Å². The minimum atomic E-state index is -3.48. The van der Waals surface area contributed by atoms with Crippen LogP contribution in [0.3, 0.4) is 0 Å². The minimum absolute atomic E-state index is 0.220. The molecule has 2 aromatic rings. The summed E-state index contributed by atoms with van der Waals surface area (Å²) in [5.74, 6) is 0. The molecule has 0 radical (unpaired) electrons. The number of hydrogen-bond acceptors (Lipinski definition) is 4. The molecule has 7 heteroatoms. The molecule has 1 aromatic heterocycles. The smallest absolute Gasteiger partial charge is 0.251 e.